The molecule has 8 nitrogen and oxygen atoms in total. The second kappa shape index (κ2) is 9.99. The van der Waals surface area contributed by atoms with E-state index in [0.717, 1.165) is 55.9 Å². The first kappa shape index (κ1) is 23.5. The zero-order valence-electron chi connectivity index (χ0n) is 18.7. The van der Waals surface area contributed by atoms with Crippen molar-refractivity contribution in [3.8, 4) is 0 Å². The average Bonchev–Trinajstić information content (AvgIpc) is 3.14. The molecule has 0 bridgehead atoms. The van der Waals surface area contributed by atoms with E-state index in [2.05, 4.69) is 4.90 Å². The van der Waals surface area contributed by atoms with Gasteiger partial charge in [0.25, 0.3) is 5.91 Å². The maximum absolute atomic E-state index is 13.1. The molecule has 31 heavy (non-hydrogen) atoms. The Morgan fingerprint density at radius 2 is 1.55 bits per heavy atom. The summed E-state index contributed by atoms with van der Waals surface area (Å²) < 4.78 is 31.9. The Kier molecular flexibility index (Phi) is 7.59. The highest BCUT2D eigenvalue weighted by Gasteiger charge is 2.29. The number of likely N-dealkylation sites (tertiary alicyclic amines) is 1. The highest BCUT2D eigenvalue weighted by atomic mass is 32.2. The van der Waals surface area contributed by atoms with Crippen molar-refractivity contribution in [2.45, 2.75) is 56.4 Å². The van der Waals surface area contributed by atoms with Gasteiger partial charge in [-0.3, -0.25) is 4.79 Å². The number of hydrogen-bond donors (Lipinski definition) is 0. The molecule has 2 fully saturated rings. The van der Waals surface area contributed by atoms with E-state index in [9.17, 15) is 18.0 Å². The summed E-state index contributed by atoms with van der Waals surface area (Å²) in [5.74, 6) is -0.872. The Morgan fingerprint density at radius 1 is 0.968 bits per heavy atom. The smallest absolute Gasteiger partial charge is 0.341 e. The topological polar surface area (TPSA) is 87.2 Å². The Labute approximate surface area is 185 Å². The normalized spacial score (nSPS) is 18.7. The molecule has 0 aliphatic carbocycles. The molecule has 0 N–H and O–H groups in total. The van der Waals surface area contributed by atoms with Gasteiger partial charge in [-0.1, -0.05) is 12.8 Å². The van der Waals surface area contributed by atoms with Gasteiger partial charge >= 0.3 is 5.97 Å². The van der Waals surface area contributed by atoms with Gasteiger partial charge < -0.3 is 14.5 Å². The quantitative estimate of drug-likeness (QED) is 0.618. The fraction of sp³-hybridized carbons (Fsp3) is 0.636. The predicted molar refractivity (Wildman–Crippen MR) is 119 cm³/mol. The molecular weight excluding hydrogens is 418 g/mol. The number of nitrogens with zero attached hydrogens (tertiary/aromatic N) is 3. The van der Waals surface area contributed by atoms with Crippen molar-refractivity contribution in [1.29, 1.82) is 0 Å². The number of carbonyl (C=O) groups is 2. The summed E-state index contributed by atoms with van der Waals surface area (Å²) in [5.41, 5.74) is 0.829. The van der Waals surface area contributed by atoms with Gasteiger partial charge in [-0.15, -0.1) is 0 Å². The van der Waals surface area contributed by atoms with Gasteiger partial charge in [0.05, 0.1) is 16.1 Å². The van der Waals surface area contributed by atoms with Crippen molar-refractivity contribution >= 4 is 27.6 Å². The maximum atomic E-state index is 13.1. The lowest BCUT2D eigenvalue weighted by atomic mass is 10.1. The van der Waals surface area contributed by atoms with Crippen LogP contribution in [-0.4, -0.2) is 75.9 Å². The highest BCUT2D eigenvalue weighted by Crippen LogP contribution is 2.29. The van der Waals surface area contributed by atoms with Crippen molar-refractivity contribution in [3.63, 3.8) is 0 Å². The minimum atomic E-state index is -3.71. The summed E-state index contributed by atoms with van der Waals surface area (Å²) in [7, 11) is -0.811. The summed E-state index contributed by atoms with van der Waals surface area (Å²) in [6.07, 6.45) is 5.21. The first-order valence-electron chi connectivity index (χ1n) is 11.0. The highest BCUT2D eigenvalue weighted by molar-refractivity contribution is 7.89. The standard InChI is InChI=1S/C22H33N3O5S/c1-17(21(26)25-14-6-4-5-7-15-25)30-22(27)19-16-18(31(28,29)23(2)3)10-11-20(19)24-12-8-9-13-24/h10-11,16-17H,4-9,12-15H2,1-3H3/t17-/m1/s1. The lowest BCUT2D eigenvalue weighted by molar-refractivity contribution is -0.139. The van der Waals surface area contributed by atoms with Crippen LogP contribution in [0.4, 0.5) is 5.69 Å². The number of sulfonamides is 1. The summed E-state index contributed by atoms with van der Waals surface area (Å²) >= 11 is 0. The second-order valence-electron chi connectivity index (χ2n) is 8.45. The zero-order chi connectivity index (χ0) is 22.6. The summed E-state index contributed by atoms with van der Waals surface area (Å²) in [6, 6.07) is 4.56. The van der Waals surface area contributed by atoms with E-state index in [1.807, 2.05) is 0 Å². The molecule has 2 saturated heterocycles. The third-order valence-corrected chi connectivity index (χ3v) is 7.77. The molecule has 2 aliphatic rings. The first-order chi connectivity index (χ1) is 14.7. The van der Waals surface area contributed by atoms with Crippen LogP contribution < -0.4 is 4.90 Å². The van der Waals surface area contributed by atoms with E-state index >= 15 is 0 Å². The van der Waals surface area contributed by atoms with Crippen molar-refractivity contribution < 1.29 is 22.7 Å². The number of esters is 1. The molecule has 0 radical (unpaired) electrons. The number of carbonyl (C=O) groups excluding carboxylic acids is 2. The first-order valence-corrected chi connectivity index (χ1v) is 12.5. The number of amides is 1. The maximum Gasteiger partial charge on any atom is 0.341 e. The third kappa shape index (κ3) is 5.38. The van der Waals surface area contributed by atoms with Crippen LogP contribution >= 0.6 is 0 Å². The lowest BCUT2D eigenvalue weighted by Crippen LogP contribution is -2.40. The number of benzene rings is 1. The molecular formula is C22H33N3O5S. The van der Waals surface area contributed by atoms with E-state index in [1.165, 1.54) is 26.2 Å². The molecule has 0 spiro atoms. The van der Waals surface area contributed by atoms with Gasteiger partial charge in [-0.25, -0.2) is 17.5 Å². The van der Waals surface area contributed by atoms with Crippen molar-refractivity contribution in [2.75, 3.05) is 45.2 Å². The van der Waals surface area contributed by atoms with Crippen LogP contribution in [-0.2, 0) is 19.6 Å². The molecule has 1 atom stereocenters. The van der Waals surface area contributed by atoms with Crippen LogP contribution in [0.15, 0.2) is 23.1 Å². The van der Waals surface area contributed by atoms with Gasteiger partial charge in [0.15, 0.2) is 6.10 Å². The van der Waals surface area contributed by atoms with Crippen LogP contribution in [0.2, 0.25) is 0 Å². The minimum Gasteiger partial charge on any atom is -0.449 e. The molecule has 172 valence electrons. The van der Waals surface area contributed by atoms with Gasteiger partial charge in [-0.05, 0) is 50.8 Å². The molecule has 3 rings (SSSR count). The van der Waals surface area contributed by atoms with E-state index in [-0.39, 0.29) is 16.4 Å². The van der Waals surface area contributed by atoms with Crippen molar-refractivity contribution in [3.05, 3.63) is 23.8 Å². The van der Waals surface area contributed by atoms with Crippen molar-refractivity contribution in [1.82, 2.24) is 9.21 Å². The van der Waals surface area contributed by atoms with Gasteiger partial charge in [0.2, 0.25) is 10.0 Å². The molecule has 0 unspecified atom stereocenters. The Bertz CT molecular complexity index is 902. The van der Waals surface area contributed by atoms with Crippen LogP contribution in [0, 0.1) is 0 Å². The largest absolute Gasteiger partial charge is 0.449 e. The second-order valence-corrected chi connectivity index (χ2v) is 10.6. The lowest BCUT2D eigenvalue weighted by Gasteiger charge is -2.25. The molecule has 0 saturated carbocycles. The number of rotatable bonds is 6. The number of hydrogen-bond acceptors (Lipinski definition) is 6. The number of ether oxygens (including phenoxy) is 1. The van der Waals surface area contributed by atoms with E-state index < -0.39 is 22.1 Å². The van der Waals surface area contributed by atoms with E-state index in [1.54, 1.807) is 17.9 Å². The van der Waals surface area contributed by atoms with E-state index in [4.69, 9.17) is 4.74 Å². The van der Waals surface area contributed by atoms with Crippen molar-refractivity contribution in [2.24, 2.45) is 0 Å². The van der Waals surface area contributed by atoms with Crippen LogP contribution in [0.25, 0.3) is 0 Å². The fourth-order valence-electron chi connectivity index (χ4n) is 4.11. The van der Waals surface area contributed by atoms with Crippen LogP contribution in [0.1, 0.15) is 55.8 Å². The number of anilines is 1. The summed E-state index contributed by atoms with van der Waals surface area (Å²) in [4.78, 5) is 29.8. The Morgan fingerprint density at radius 3 is 2.13 bits per heavy atom. The molecule has 1 amide bonds. The van der Waals surface area contributed by atoms with Gasteiger partial charge in [0, 0.05) is 40.3 Å². The van der Waals surface area contributed by atoms with Crippen LogP contribution in [0.5, 0.6) is 0 Å². The fourth-order valence-corrected chi connectivity index (χ4v) is 5.03. The molecule has 1 aromatic carbocycles. The molecule has 9 heteroatoms. The summed E-state index contributed by atoms with van der Waals surface area (Å²) in [5, 5.41) is 0. The SMILES string of the molecule is C[C@@H](OC(=O)c1cc(S(=O)(=O)N(C)C)ccc1N1CCCC1)C(=O)N1CCCCCC1. The molecule has 2 heterocycles. The van der Waals surface area contributed by atoms with Crippen LogP contribution in [0.3, 0.4) is 0 Å². The summed E-state index contributed by atoms with van der Waals surface area (Å²) in [6.45, 7) is 4.53. The Balaban J connectivity index is 1.85. The van der Waals surface area contributed by atoms with Gasteiger partial charge in [-0.2, -0.15) is 0 Å². The Hall–Kier alpha value is -2.13. The monoisotopic (exact) mass is 451 g/mol. The molecule has 2 aliphatic heterocycles. The zero-order valence-corrected chi connectivity index (χ0v) is 19.5. The molecule has 0 aromatic heterocycles. The predicted octanol–water partition coefficient (Wildman–Crippen LogP) is 2.49. The minimum absolute atomic E-state index is 0.0268. The average molecular weight is 452 g/mol. The van der Waals surface area contributed by atoms with Gasteiger partial charge in [0.1, 0.15) is 0 Å². The molecule has 1 aromatic rings. The third-order valence-electron chi connectivity index (χ3n) is 5.96. The van der Waals surface area contributed by atoms with E-state index in [0.29, 0.717) is 18.8 Å².